The molecule has 1 fully saturated rings. The minimum absolute atomic E-state index is 0.0109. The van der Waals surface area contributed by atoms with Gasteiger partial charge in [-0.15, -0.1) is 0 Å². The summed E-state index contributed by atoms with van der Waals surface area (Å²) in [6.07, 6.45) is -1.25. The molecule has 1 unspecified atom stereocenters. The van der Waals surface area contributed by atoms with Gasteiger partial charge in [-0.25, -0.2) is 21.2 Å². The van der Waals surface area contributed by atoms with Gasteiger partial charge >= 0.3 is 5.97 Å². The van der Waals surface area contributed by atoms with E-state index in [0.717, 1.165) is 22.7 Å². The van der Waals surface area contributed by atoms with Gasteiger partial charge in [-0.05, 0) is 99.2 Å². The van der Waals surface area contributed by atoms with Crippen molar-refractivity contribution in [3.8, 4) is 11.5 Å². The number of hydrogen-bond donors (Lipinski definition) is 1. The summed E-state index contributed by atoms with van der Waals surface area (Å²) in [5.41, 5.74) is 3.05. The van der Waals surface area contributed by atoms with Crippen LogP contribution in [0.1, 0.15) is 100 Å². The molecule has 446 valence electrons. The summed E-state index contributed by atoms with van der Waals surface area (Å²) in [5.74, 6) is 1.22. The lowest BCUT2D eigenvalue weighted by Gasteiger charge is -2.42. The van der Waals surface area contributed by atoms with Gasteiger partial charge in [0.2, 0.25) is 12.5 Å². The van der Waals surface area contributed by atoms with E-state index in [0.29, 0.717) is 53.5 Å². The van der Waals surface area contributed by atoms with E-state index < -0.39 is 55.1 Å². The topological polar surface area (TPSA) is 171 Å². The molecule has 0 bridgehead atoms. The number of methoxy groups -OCH3 is 2. The van der Waals surface area contributed by atoms with Crippen LogP contribution in [-0.2, 0) is 44.5 Å². The van der Waals surface area contributed by atoms with Gasteiger partial charge in [-0.2, -0.15) is 4.98 Å². The first-order chi connectivity index (χ1) is 39.5. The van der Waals surface area contributed by atoms with Gasteiger partial charge in [0.15, 0.2) is 26.0 Å². The SMILES string of the molecule is [C-]#[N+]CCOP(O[C@@H]1[C@H](O[Si](C)(C)C(C)(C)C)[C@@H](COC(c2ccccc2)(c2ccc(OC)cc2)c2ccc(OC)cc2)O[C@H]1n1cnc2c(CC(=O)c3ccccc3)nc(NCCCC(=O)OCC[Si](C)(C)C)nc21)N(C(C)C)C(C)C. The molecule has 17 nitrogen and oxygen atoms in total. The number of ketones is 1. The molecule has 4 aromatic carbocycles. The number of aromatic nitrogens is 4. The fourth-order valence-electron chi connectivity index (χ4n) is 9.73. The molecule has 1 saturated heterocycles. The van der Waals surface area contributed by atoms with E-state index in [4.69, 9.17) is 58.7 Å². The normalized spacial score (nSPS) is 17.3. The Morgan fingerprint density at radius 3 is 1.95 bits per heavy atom. The van der Waals surface area contributed by atoms with E-state index >= 15 is 0 Å². The average molecular weight is 1190 g/mol. The van der Waals surface area contributed by atoms with Crippen LogP contribution in [0.5, 0.6) is 11.5 Å². The lowest BCUT2D eigenvalue weighted by Crippen LogP contribution is -2.51. The molecule has 0 radical (unpaired) electrons. The van der Waals surface area contributed by atoms with Crippen molar-refractivity contribution in [3.63, 3.8) is 0 Å². The number of rotatable bonds is 30. The molecule has 5 atom stereocenters. The van der Waals surface area contributed by atoms with E-state index in [1.807, 2.05) is 89.5 Å². The number of nitrogens with zero attached hydrogens (tertiary/aromatic N) is 6. The fraction of sp³-hybridized carbons (Fsp3) is 0.492. The third-order valence-electron chi connectivity index (χ3n) is 15.2. The third-order valence-corrected chi connectivity index (χ3v) is 23.5. The number of nitrogens with one attached hydrogen (secondary N) is 1. The number of esters is 1. The monoisotopic (exact) mass is 1190 g/mol. The largest absolute Gasteiger partial charge is 0.497 e. The Morgan fingerprint density at radius 1 is 0.807 bits per heavy atom. The van der Waals surface area contributed by atoms with Gasteiger partial charge < -0.3 is 47.3 Å². The summed E-state index contributed by atoms with van der Waals surface area (Å²) in [6, 6.07) is 35.9. The first kappa shape index (κ1) is 64.6. The number of hydrogen-bond acceptors (Lipinski definition) is 15. The van der Waals surface area contributed by atoms with E-state index in [2.05, 4.69) is 108 Å². The quantitative estimate of drug-likeness (QED) is 0.00858. The van der Waals surface area contributed by atoms with Gasteiger partial charge in [0.25, 0.3) is 8.53 Å². The van der Waals surface area contributed by atoms with Crippen LogP contribution in [0.4, 0.5) is 5.95 Å². The Balaban J connectivity index is 1.40. The summed E-state index contributed by atoms with van der Waals surface area (Å²) in [7, 11) is -2.72. The highest BCUT2D eigenvalue weighted by atomic mass is 31.2. The van der Waals surface area contributed by atoms with Crippen LogP contribution in [0.25, 0.3) is 16.0 Å². The summed E-state index contributed by atoms with van der Waals surface area (Å²) in [4.78, 5) is 45.7. The van der Waals surface area contributed by atoms with Crippen LogP contribution in [0, 0.1) is 6.57 Å². The van der Waals surface area contributed by atoms with Crippen molar-refractivity contribution in [2.24, 2.45) is 0 Å². The van der Waals surface area contributed by atoms with Crippen molar-refractivity contribution < 1.29 is 46.7 Å². The maximum Gasteiger partial charge on any atom is 0.305 e. The Hall–Kier alpha value is -5.92. The zero-order chi connectivity index (χ0) is 60.1. The molecule has 0 saturated carbocycles. The van der Waals surface area contributed by atoms with Crippen LogP contribution in [0.15, 0.2) is 116 Å². The molecule has 3 heterocycles. The highest BCUT2D eigenvalue weighted by Gasteiger charge is 2.55. The number of benzene rings is 4. The van der Waals surface area contributed by atoms with E-state index in [9.17, 15) is 9.59 Å². The molecule has 1 aliphatic rings. The summed E-state index contributed by atoms with van der Waals surface area (Å²) < 4.78 is 58.1. The number of ether oxygens (including phenoxy) is 5. The van der Waals surface area contributed by atoms with E-state index in [1.165, 1.54) is 0 Å². The van der Waals surface area contributed by atoms with E-state index in [-0.39, 0.29) is 67.4 Å². The van der Waals surface area contributed by atoms with Crippen molar-refractivity contribution in [1.82, 2.24) is 24.2 Å². The van der Waals surface area contributed by atoms with Gasteiger partial charge in [0, 0.05) is 38.7 Å². The first-order valence-electron chi connectivity index (χ1n) is 28.7. The standard InChI is InChI=1S/C63H86N7O10PSi2/c1-44(2)70(45(3)4)81(77-38-37-64-8)79-58-57(80-83(14,15)62(5,6)7)54(42-76-63(47-25-20-17-21-26-47,48-28-32-50(73-9)33-29-48)49-30-34-51(74-10)35-31-49)78-60(58)69-43-66-56-52(41-53(71)46-23-18-16-19-24-46)67-61(68-59(56)69)65-36-22-27-55(72)75-39-40-82(11,12)13/h16-21,23-26,28-35,43-45,54,57-58,60H,22,27,36-42H2,1-7,9-15H3,(H,65,67,68)/t54-,57-,58-,60-,81?/m1/s1. The predicted molar refractivity (Wildman–Crippen MR) is 332 cm³/mol. The molecule has 20 heteroatoms. The van der Waals surface area contributed by atoms with Crippen molar-refractivity contribution >= 4 is 53.8 Å². The summed E-state index contributed by atoms with van der Waals surface area (Å²) >= 11 is 0. The zero-order valence-corrected chi connectivity index (χ0v) is 53.9. The Labute approximate surface area is 495 Å². The van der Waals surface area contributed by atoms with Crippen LogP contribution in [0.3, 0.4) is 0 Å². The molecular formula is C63H86N7O10PSi2. The van der Waals surface area contributed by atoms with Crippen molar-refractivity contribution in [2.45, 2.75) is 154 Å². The molecule has 6 aromatic rings. The maximum absolute atomic E-state index is 14.1. The smallest absolute Gasteiger partial charge is 0.305 e. The molecule has 2 aromatic heterocycles. The molecule has 0 amide bonds. The van der Waals surface area contributed by atoms with Crippen LogP contribution >= 0.6 is 8.53 Å². The molecule has 7 rings (SSSR count). The van der Waals surface area contributed by atoms with Gasteiger partial charge in [0.1, 0.15) is 47.5 Å². The van der Waals surface area contributed by atoms with Crippen molar-refractivity contribution in [3.05, 3.63) is 155 Å². The summed E-state index contributed by atoms with van der Waals surface area (Å²) in [6.45, 7) is 34.9. The minimum Gasteiger partial charge on any atom is -0.497 e. The Morgan fingerprint density at radius 2 is 1.40 bits per heavy atom. The molecule has 1 N–H and O–H groups in total. The number of anilines is 1. The van der Waals surface area contributed by atoms with Gasteiger partial charge in [-0.3, -0.25) is 14.2 Å². The van der Waals surface area contributed by atoms with E-state index in [1.54, 1.807) is 32.7 Å². The Kier molecular flexibility index (Phi) is 22.4. The maximum atomic E-state index is 14.1. The lowest BCUT2D eigenvalue weighted by molar-refractivity contribution is -0.143. The second kappa shape index (κ2) is 28.8. The summed E-state index contributed by atoms with van der Waals surface area (Å²) in [5, 5.41) is 3.09. The predicted octanol–water partition coefficient (Wildman–Crippen LogP) is 13.3. The number of Topliss-reactive ketones (excluding diaryl/α,β-unsaturated/α-hetero) is 1. The number of carbonyl (C=O) groups is 2. The van der Waals surface area contributed by atoms with Crippen LogP contribution < -0.4 is 14.8 Å². The van der Waals surface area contributed by atoms with Crippen molar-refractivity contribution in [2.75, 3.05) is 52.4 Å². The Bertz CT molecular complexity index is 3020. The van der Waals surface area contributed by atoms with Gasteiger partial charge in [0.05, 0.1) is 45.9 Å². The second-order valence-electron chi connectivity index (χ2n) is 24.2. The highest BCUT2D eigenvalue weighted by molar-refractivity contribution is 7.44. The van der Waals surface area contributed by atoms with Crippen molar-refractivity contribution in [1.29, 1.82) is 0 Å². The second-order valence-corrected chi connectivity index (χ2v) is 35.9. The first-order valence-corrected chi connectivity index (χ1v) is 36.5. The van der Waals surface area contributed by atoms with Crippen LogP contribution in [0.2, 0.25) is 43.8 Å². The lowest BCUT2D eigenvalue weighted by atomic mass is 9.80. The van der Waals surface area contributed by atoms with Gasteiger partial charge in [-0.1, -0.05) is 125 Å². The average Bonchev–Trinajstić information content (AvgIpc) is 3.26. The van der Waals surface area contributed by atoms with Crippen LogP contribution in [-0.4, -0.2) is 130 Å². The molecule has 1 aliphatic heterocycles. The third kappa shape index (κ3) is 16.3. The molecule has 0 spiro atoms. The number of fused-ring (bicyclic) bond motifs is 1. The fourth-order valence-corrected chi connectivity index (χ4v) is 13.5. The molecule has 0 aliphatic carbocycles. The molecular weight excluding hydrogens is 1100 g/mol. The number of imidazole rings is 1. The highest BCUT2D eigenvalue weighted by Crippen LogP contribution is 2.53. The minimum atomic E-state index is -2.73. The molecule has 83 heavy (non-hydrogen) atoms. The number of carbonyl (C=O) groups excluding carboxylic acids is 2. The zero-order valence-electron chi connectivity index (χ0n) is 51.0.